The van der Waals surface area contributed by atoms with Crippen LogP contribution in [0.25, 0.3) is 11.1 Å². The van der Waals surface area contributed by atoms with Gasteiger partial charge in [-0.2, -0.15) is 13.2 Å². The number of hydrogen-bond donors (Lipinski definition) is 2. The van der Waals surface area contributed by atoms with Gasteiger partial charge in [0.05, 0.1) is 11.1 Å². The lowest BCUT2D eigenvalue weighted by Crippen LogP contribution is -2.30. The van der Waals surface area contributed by atoms with Crippen molar-refractivity contribution < 1.29 is 32.3 Å². The summed E-state index contributed by atoms with van der Waals surface area (Å²) in [5.74, 6) is -1.60. The molecule has 0 aliphatic heterocycles. The number of ether oxygens (including phenoxy) is 1. The van der Waals surface area contributed by atoms with E-state index in [0.29, 0.717) is 22.5 Å². The molecule has 0 unspecified atom stereocenters. The molecule has 0 spiro atoms. The summed E-state index contributed by atoms with van der Waals surface area (Å²) in [4.78, 5) is 36.3. The first-order chi connectivity index (χ1) is 16.0. The van der Waals surface area contributed by atoms with Gasteiger partial charge in [-0.25, -0.2) is 4.79 Å². The lowest BCUT2D eigenvalue weighted by atomic mass is 9.98. The Balaban J connectivity index is 1.69. The predicted molar refractivity (Wildman–Crippen MR) is 121 cm³/mol. The van der Waals surface area contributed by atoms with Crippen LogP contribution in [0.2, 0.25) is 0 Å². The molecule has 2 N–H and O–H groups in total. The molecule has 0 aromatic heterocycles. The van der Waals surface area contributed by atoms with Crippen LogP contribution in [-0.2, 0) is 20.5 Å². The molecule has 2 amide bonds. The van der Waals surface area contributed by atoms with E-state index in [4.69, 9.17) is 4.74 Å². The second-order valence-electron chi connectivity index (χ2n) is 7.42. The highest BCUT2D eigenvalue weighted by Crippen LogP contribution is 2.32. The van der Waals surface area contributed by atoms with Crippen molar-refractivity contribution in [3.63, 3.8) is 0 Å². The van der Waals surface area contributed by atoms with Crippen LogP contribution >= 0.6 is 0 Å². The minimum atomic E-state index is -4.47. The quantitative estimate of drug-likeness (QED) is 0.465. The molecule has 0 radical (unpaired) electrons. The fourth-order valence-corrected chi connectivity index (χ4v) is 3.11. The number of halogens is 3. The first kappa shape index (κ1) is 24.5. The van der Waals surface area contributed by atoms with Gasteiger partial charge in [0, 0.05) is 18.3 Å². The Kier molecular flexibility index (Phi) is 7.35. The van der Waals surface area contributed by atoms with E-state index in [1.165, 1.54) is 32.0 Å². The summed E-state index contributed by atoms with van der Waals surface area (Å²) in [7, 11) is 0. The molecule has 0 bridgehead atoms. The summed E-state index contributed by atoms with van der Waals surface area (Å²) >= 11 is 0. The standard InChI is InChI=1S/C25H21F3N2O4/c1-15(23(32)30-20-13-11-19(12-14-20)29-16(2)31)34-24(33)22-6-4-3-5-21(22)17-7-9-18(10-8-17)25(26,27)28/h3-15H,1-2H3,(H,29,31)(H,30,32)/t15-/m0/s1. The van der Waals surface area contributed by atoms with Crippen LogP contribution in [0.5, 0.6) is 0 Å². The van der Waals surface area contributed by atoms with E-state index in [0.717, 1.165) is 12.1 Å². The third-order valence-corrected chi connectivity index (χ3v) is 4.80. The van der Waals surface area contributed by atoms with E-state index in [1.54, 1.807) is 42.5 Å². The van der Waals surface area contributed by atoms with Crippen molar-refractivity contribution in [3.05, 3.63) is 83.9 Å². The molecule has 0 heterocycles. The number of benzene rings is 3. The van der Waals surface area contributed by atoms with E-state index in [2.05, 4.69) is 10.6 Å². The summed E-state index contributed by atoms with van der Waals surface area (Å²) in [5, 5.41) is 5.22. The van der Waals surface area contributed by atoms with Crippen molar-refractivity contribution in [2.75, 3.05) is 10.6 Å². The zero-order chi connectivity index (χ0) is 24.9. The summed E-state index contributed by atoms with van der Waals surface area (Å²) in [6.07, 6.45) is -5.62. The lowest BCUT2D eigenvalue weighted by Gasteiger charge is -2.16. The minimum absolute atomic E-state index is 0.113. The SMILES string of the molecule is CC(=O)Nc1ccc(NC(=O)[C@H](C)OC(=O)c2ccccc2-c2ccc(C(F)(F)F)cc2)cc1. The molecule has 1 atom stereocenters. The van der Waals surface area contributed by atoms with Crippen molar-refractivity contribution in [3.8, 4) is 11.1 Å². The number of rotatable bonds is 6. The van der Waals surface area contributed by atoms with Gasteiger partial charge < -0.3 is 15.4 Å². The number of anilines is 2. The van der Waals surface area contributed by atoms with Gasteiger partial charge in [-0.3, -0.25) is 9.59 Å². The summed E-state index contributed by atoms with van der Waals surface area (Å²) in [6.45, 7) is 2.78. The maximum atomic E-state index is 12.8. The van der Waals surface area contributed by atoms with Gasteiger partial charge in [0.15, 0.2) is 6.10 Å². The Morgan fingerprint density at radius 3 is 1.94 bits per heavy atom. The van der Waals surface area contributed by atoms with Gasteiger partial charge in [0.1, 0.15) is 0 Å². The van der Waals surface area contributed by atoms with Crippen molar-refractivity contribution in [2.24, 2.45) is 0 Å². The topological polar surface area (TPSA) is 84.5 Å². The molecule has 176 valence electrons. The van der Waals surface area contributed by atoms with Crippen LogP contribution in [0.3, 0.4) is 0 Å². The Labute approximate surface area is 193 Å². The predicted octanol–water partition coefficient (Wildman–Crippen LogP) is 5.51. The van der Waals surface area contributed by atoms with Crippen molar-refractivity contribution in [2.45, 2.75) is 26.1 Å². The Morgan fingerprint density at radius 2 is 1.38 bits per heavy atom. The third-order valence-electron chi connectivity index (χ3n) is 4.80. The molecule has 0 saturated heterocycles. The number of carbonyl (C=O) groups is 3. The van der Waals surface area contributed by atoms with Gasteiger partial charge in [-0.05, 0) is 60.5 Å². The molecule has 0 aliphatic rings. The molecule has 3 rings (SSSR count). The normalized spacial score (nSPS) is 11.9. The highest BCUT2D eigenvalue weighted by Gasteiger charge is 2.30. The molecule has 0 aliphatic carbocycles. The Morgan fingerprint density at radius 1 is 0.824 bits per heavy atom. The number of hydrogen-bond acceptors (Lipinski definition) is 4. The van der Waals surface area contributed by atoms with Crippen LogP contribution < -0.4 is 10.6 Å². The number of alkyl halides is 3. The van der Waals surface area contributed by atoms with E-state index < -0.39 is 29.7 Å². The zero-order valence-corrected chi connectivity index (χ0v) is 18.3. The zero-order valence-electron chi connectivity index (χ0n) is 18.3. The van der Waals surface area contributed by atoms with Crippen LogP contribution in [-0.4, -0.2) is 23.9 Å². The fraction of sp³-hybridized carbons (Fsp3) is 0.160. The minimum Gasteiger partial charge on any atom is -0.449 e. The maximum absolute atomic E-state index is 12.8. The average Bonchev–Trinajstić information content (AvgIpc) is 2.79. The smallest absolute Gasteiger partial charge is 0.416 e. The first-order valence-corrected chi connectivity index (χ1v) is 10.2. The van der Waals surface area contributed by atoms with Crippen molar-refractivity contribution in [1.29, 1.82) is 0 Å². The van der Waals surface area contributed by atoms with Gasteiger partial charge in [-0.1, -0.05) is 30.3 Å². The van der Waals surface area contributed by atoms with Crippen molar-refractivity contribution >= 4 is 29.2 Å². The van der Waals surface area contributed by atoms with Gasteiger partial charge >= 0.3 is 12.1 Å². The molecular formula is C25H21F3N2O4. The highest BCUT2D eigenvalue weighted by atomic mass is 19.4. The fourth-order valence-electron chi connectivity index (χ4n) is 3.11. The summed E-state index contributed by atoms with van der Waals surface area (Å²) in [5.41, 5.74) is 1.09. The highest BCUT2D eigenvalue weighted by molar-refractivity contribution is 6.00. The van der Waals surface area contributed by atoms with Crippen LogP contribution in [0.4, 0.5) is 24.5 Å². The van der Waals surface area contributed by atoms with Gasteiger partial charge in [0.2, 0.25) is 5.91 Å². The molecule has 9 heteroatoms. The molecule has 0 saturated carbocycles. The third kappa shape index (κ3) is 6.22. The molecule has 3 aromatic rings. The van der Waals surface area contributed by atoms with E-state index in [1.807, 2.05) is 0 Å². The lowest BCUT2D eigenvalue weighted by molar-refractivity contribution is -0.137. The molecule has 3 aromatic carbocycles. The first-order valence-electron chi connectivity index (χ1n) is 10.2. The molecule has 34 heavy (non-hydrogen) atoms. The molecular weight excluding hydrogens is 449 g/mol. The number of nitrogens with one attached hydrogen (secondary N) is 2. The summed E-state index contributed by atoms with van der Waals surface area (Å²) < 4.78 is 43.8. The largest absolute Gasteiger partial charge is 0.449 e. The molecule has 6 nitrogen and oxygen atoms in total. The maximum Gasteiger partial charge on any atom is 0.416 e. The number of esters is 1. The van der Waals surface area contributed by atoms with Gasteiger partial charge in [-0.15, -0.1) is 0 Å². The van der Waals surface area contributed by atoms with E-state index >= 15 is 0 Å². The number of amides is 2. The van der Waals surface area contributed by atoms with Crippen LogP contribution in [0.1, 0.15) is 29.8 Å². The van der Waals surface area contributed by atoms with E-state index in [9.17, 15) is 27.6 Å². The second-order valence-corrected chi connectivity index (χ2v) is 7.42. The molecule has 0 fully saturated rings. The average molecular weight is 470 g/mol. The Hall–Kier alpha value is -4.14. The van der Waals surface area contributed by atoms with Crippen LogP contribution in [0, 0.1) is 0 Å². The second kappa shape index (κ2) is 10.2. The Bertz CT molecular complexity index is 1190. The number of carbonyl (C=O) groups excluding carboxylic acids is 3. The van der Waals surface area contributed by atoms with Crippen molar-refractivity contribution in [1.82, 2.24) is 0 Å². The monoisotopic (exact) mass is 470 g/mol. The summed E-state index contributed by atoms with van der Waals surface area (Å²) in [6, 6.07) is 17.1. The van der Waals surface area contributed by atoms with E-state index in [-0.39, 0.29) is 11.5 Å². The van der Waals surface area contributed by atoms with Gasteiger partial charge in [0.25, 0.3) is 5.91 Å². The van der Waals surface area contributed by atoms with Crippen LogP contribution in [0.15, 0.2) is 72.8 Å².